The van der Waals surface area contributed by atoms with E-state index in [1.165, 1.54) is 25.6 Å². The van der Waals surface area contributed by atoms with Crippen molar-refractivity contribution >= 4 is 8.40 Å². The topological polar surface area (TPSA) is 6.48 Å². The van der Waals surface area contributed by atoms with Crippen molar-refractivity contribution in [2.45, 2.75) is 52.6 Å². The number of hydrogen-bond acceptors (Lipinski definition) is 2. The minimum atomic E-state index is -1.41. The van der Waals surface area contributed by atoms with Crippen molar-refractivity contribution < 1.29 is 0 Å². The molecule has 0 saturated carbocycles. The molecule has 2 atom stereocenters. The summed E-state index contributed by atoms with van der Waals surface area (Å²) in [6.45, 7) is 14.1. The van der Waals surface area contributed by atoms with Crippen molar-refractivity contribution in [3.8, 4) is 0 Å². The Balaban J connectivity index is 5.12. The highest BCUT2D eigenvalue weighted by molar-refractivity contribution is 6.75. The zero-order chi connectivity index (χ0) is 12.1. The quantitative estimate of drug-likeness (QED) is 0.620. The lowest BCUT2D eigenvalue weighted by atomic mass is 10.4. The lowest BCUT2D eigenvalue weighted by Gasteiger charge is -2.49. The normalized spacial score (nSPS) is 18.2. The fraction of sp³-hybridized carbons (Fsp3) is 1.00. The van der Waals surface area contributed by atoms with E-state index in [0.717, 1.165) is 5.54 Å². The molecule has 92 valence electrons. The van der Waals surface area contributed by atoms with Gasteiger partial charge < -0.3 is 9.13 Å². The monoisotopic (exact) mass is 230 g/mol. The summed E-state index contributed by atoms with van der Waals surface area (Å²) < 4.78 is 5.29. The third-order valence-corrected chi connectivity index (χ3v) is 10.3. The molecule has 3 heteroatoms. The van der Waals surface area contributed by atoms with Gasteiger partial charge in [0.15, 0.2) is 0 Å². The zero-order valence-electron chi connectivity index (χ0n) is 11.8. The molecule has 0 amide bonds. The maximum atomic E-state index is 2.74. The van der Waals surface area contributed by atoms with E-state index in [0.29, 0.717) is 0 Å². The Bertz CT molecular complexity index is 169. The smallest absolute Gasteiger partial charge is 0.208 e. The maximum absolute atomic E-state index is 2.74. The van der Waals surface area contributed by atoms with Crippen LogP contribution in [0.3, 0.4) is 0 Å². The van der Waals surface area contributed by atoms with E-state index in [4.69, 9.17) is 0 Å². The molecule has 0 aliphatic rings. The highest BCUT2D eigenvalue weighted by Gasteiger charge is 2.43. The van der Waals surface area contributed by atoms with Gasteiger partial charge >= 0.3 is 0 Å². The van der Waals surface area contributed by atoms with Crippen molar-refractivity contribution in [2.75, 3.05) is 27.2 Å². The summed E-state index contributed by atoms with van der Waals surface area (Å²) in [5, 5.41) is 0. The van der Waals surface area contributed by atoms with Crippen LogP contribution in [0, 0.1) is 0 Å². The Hall–Kier alpha value is 0.137. The summed E-state index contributed by atoms with van der Waals surface area (Å²) in [5.74, 6) is 0. The third kappa shape index (κ3) is 2.83. The van der Waals surface area contributed by atoms with Crippen molar-refractivity contribution in [1.82, 2.24) is 9.13 Å². The van der Waals surface area contributed by atoms with Crippen LogP contribution in [0.2, 0.25) is 11.6 Å². The van der Waals surface area contributed by atoms with Gasteiger partial charge in [-0.3, -0.25) is 0 Å². The molecule has 0 aromatic carbocycles. The Morgan fingerprint density at radius 1 is 1.00 bits per heavy atom. The van der Waals surface area contributed by atoms with Gasteiger partial charge in [0.2, 0.25) is 8.40 Å². The molecular formula is C12H30N2Si. The van der Waals surface area contributed by atoms with Crippen LogP contribution in [-0.4, -0.2) is 44.7 Å². The second-order valence-corrected chi connectivity index (χ2v) is 9.58. The molecular weight excluding hydrogens is 200 g/mol. The molecule has 2 unspecified atom stereocenters. The zero-order valence-corrected chi connectivity index (χ0v) is 12.8. The molecule has 0 aliphatic heterocycles. The molecule has 0 aromatic heterocycles. The average molecular weight is 230 g/mol. The van der Waals surface area contributed by atoms with Gasteiger partial charge in [-0.05, 0) is 38.8 Å². The molecule has 0 N–H and O–H groups in total. The summed E-state index contributed by atoms with van der Waals surface area (Å²) in [7, 11) is 3.14. The van der Waals surface area contributed by atoms with Gasteiger partial charge in [-0.1, -0.05) is 41.0 Å². The van der Waals surface area contributed by atoms with Crippen LogP contribution in [-0.2, 0) is 0 Å². The standard InChI is InChI=1S/C12H30N2Si/c1-8-12(5)15(11-4,13(6)7)14(9-2)10-3/h12H,8-11H2,1-7H3. The van der Waals surface area contributed by atoms with Gasteiger partial charge in [0.1, 0.15) is 0 Å². The SMILES string of the molecule is CCC(C)[Si](CC)(N(C)C)N(CC)CC. The number of nitrogens with zero attached hydrogens (tertiary/aromatic N) is 2. The second kappa shape index (κ2) is 6.66. The summed E-state index contributed by atoms with van der Waals surface area (Å²) in [6.07, 6.45) is 1.30. The minimum absolute atomic E-state index is 0.845. The van der Waals surface area contributed by atoms with E-state index in [1.807, 2.05) is 0 Å². The van der Waals surface area contributed by atoms with E-state index in [9.17, 15) is 0 Å². The fourth-order valence-corrected chi connectivity index (χ4v) is 8.62. The summed E-state index contributed by atoms with van der Waals surface area (Å²) in [5.41, 5.74) is 0.845. The first-order chi connectivity index (χ1) is 7.00. The van der Waals surface area contributed by atoms with Gasteiger partial charge in [0.05, 0.1) is 0 Å². The Labute approximate surface area is 97.8 Å². The molecule has 0 rings (SSSR count). The second-order valence-electron chi connectivity index (χ2n) is 4.61. The van der Waals surface area contributed by atoms with Crippen LogP contribution in [0.1, 0.15) is 41.0 Å². The molecule has 0 spiro atoms. The highest BCUT2D eigenvalue weighted by Crippen LogP contribution is 2.32. The van der Waals surface area contributed by atoms with Crippen molar-refractivity contribution in [3.05, 3.63) is 0 Å². The molecule has 0 bridgehead atoms. The van der Waals surface area contributed by atoms with Crippen LogP contribution in [0.25, 0.3) is 0 Å². The Morgan fingerprint density at radius 2 is 1.47 bits per heavy atom. The van der Waals surface area contributed by atoms with Gasteiger partial charge in [-0.25, -0.2) is 0 Å². The lowest BCUT2D eigenvalue weighted by Crippen LogP contribution is -2.65. The van der Waals surface area contributed by atoms with Gasteiger partial charge in [0.25, 0.3) is 0 Å². The van der Waals surface area contributed by atoms with Crippen molar-refractivity contribution in [3.63, 3.8) is 0 Å². The van der Waals surface area contributed by atoms with Crippen LogP contribution < -0.4 is 0 Å². The lowest BCUT2D eigenvalue weighted by molar-refractivity contribution is 0.378. The first kappa shape index (κ1) is 15.1. The van der Waals surface area contributed by atoms with E-state index in [1.54, 1.807) is 0 Å². The molecule has 0 fully saturated rings. The molecule has 0 saturated heterocycles. The first-order valence-electron chi connectivity index (χ1n) is 6.43. The predicted octanol–water partition coefficient (Wildman–Crippen LogP) is 3.15. The van der Waals surface area contributed by atoms with Crippen molar-refractivity contribution in [1.29, 1.82) is 0 Å². The highest BCUT2D eigenvalue weighted by atomic mass is 28.3. The number of hydrogen-bond donors (Lipinski definition) is 0. The summed E-state index contributed by atoms with van der Waals surface area (Å²) in [6, 6.07) is 1.33. The van der Waals surface area contributed by atoms with Crippen molar-refractivity contribution in [2.24, 2.45) is 0 Å². The van der Waals surface area contributed by atoms with Crippen LogP contribution >= 0.6 is 0 Å². The Kier molecular flexibility index (Phi) is 6.72. The molecule has 2 nitrogen and oxygen atoms in total. The van der Waals surface area contributed by atoms with Gasteiger partial charge in [-0.15, -0.1) is 0 Å². The van der Waals surface area contributed by atoms with E-state index < -0.39 is 8.40 Å². The molecule has 15 heavy (non-hydrogen) atoms. The van der Waals surface area contributed by atoms with E-state index >= 15 is 0 Å². The fourth-order valence-electron chi connectivity index (χ4n) is 3.02. The van der Waals surface area contributed by atoms with Crippen LogP contribution in [0.4, 0.5) is 0 Å². The van der Waals surface area contributed by atoms with Gasteiger partial charge in [-0.2, -0.15) is 0 Å². The average Bonchev–Trinajstić information content (AvgIpc) is 2.24. The molecule has 0 aromatic rings. The van der Waals surface area contributed by atoms with E-state index in [2.05, 4.69) is 57.8 Å². The molecule has 0 aliphatic carbocycles. The predicted molar refractivity (Wildman–Crippen MR) is 72.6 cm³/mol. The van der Waals surface area contributed by atoms with Crippen LogP contribution in [0.5, 0.6) is 0 Å². The van der Waals surface area contributed by atoms with Gasteiger partial charge in [0, 0.05) is 0 Å². The van der Waals surface area contributed by atoms with Crippen LogP contribution in [0.15, 0.2) is 0 Å². The minimum Gasteiger partial charge on any atom is -0.317 e. The maximum Gasteiger partial charge on any atom is 0.208 e. The first-order valence-corrected chi connectivity index (χ1v) is 8.61. The van der Waals surface area contributed by atoms with E-state index in [-0.39, 0.29) is 0 Å². The Morgan fingerprint density at radius 3 is 1.67 bits per heavy atom. The summed E-state index contributed by atoms with van der Waals surface area (Å²) in [4.78, 5) is 0. The summed E-state index contributed by atoms with van der Waals surface area (Å²) >= 11 is 0. The molecule has 0 radical (unpaired) electrons. The third-order valence-electron chi connectivity index (χ3n) is 4.01. The number of rotatable bonds is 7. The largest absolute Gasteiger partial charge is 0.317 e. The molecule has 0 heterocycles.